The van der Waals surface area contributed by atoms with E-state index in [1.54, 1.807) is 0 Å². The molecule has 0 spiro atoms. The van der Waals surface area contributed by atoms with Crippen molar-refractivity contribution in [1.82, 2.24) is 10.2 Å². The van der Waals surface area contributed by atoms with Gasteiger partial charge >= 0.3 is 5.97 Å². The second-order valence-corrected chi connectivity index (χ2v) is 3.52. The first-order valence-corrected chi connectivity index (χ1v) is 4.77. The second-order valence-electron chi connectivity index (χ2n) is 3.52. The number of nitrogens with zero attached hydrogens (tertiary/aromatic N) is 2. The van der Waals surface area contributed by atoms with Crippen LogP contribution in [0, 0.1) is 0 Å². The summed E-state index contributed by atoms with van der Waals surface area (Å²) in [4.78, 5) is 12.6. The lowest BCUT2D eigenvalue weighted by molar-refractivity contribution is -0.136. The van der Waals surface area contributed by atoms with Crippen molar-refractivity contribution in [1.29, 1.82) is 0 Å². The van der Waals surface area contributed by atoms with Gasteiger partial charge in [-0.05, 0) is 12.8 Å². The molecule has 0 atom stereocenters. The molecule has 0 aromatic carbocycles. The van der Waals surface area contributed by atoms with Crippen molar-refractivity contribution < 1.29 is 9.90 Å². The fraction of sp³-hybridized carbons (Fsp3) is 0.556. The molecule has 14 heavy (non-hydrogen) atoms. The van der Waals surface area contributed by atoms with Crippen LogP contribution in [0.15, 0.2) is 6.07 Å². The summed E-state index contributed by atoms with van der Waals surface area (Å²) < 4.78 is 0. The van der Waals surface area contributed by atoms with E-state index in [9.17, 15) is 4.79 Å². The van der Waals surface area contributed by atoms with Crippen LogP contribution in [-0.2, 0) is 11.2 Å². The SMILES string of the molecule is O=C(O)Cc1cc(N2CCCC2)n[nH]1. The molecule has 0 aliphatic carbocycles. The minimum Gasteiger partial charge on any atom is -0.481 e. The summed E-state index contributed by atoms with van der Waals surface area (Å²) >= 11 is 0. The Labute approximate surface area is 81.7 Å². The summed E-state index contributed by atoms with van der Waals surface area (Å²) in [5.74, 6) is 0.0420. The second kappa shape index (κ2) is 3.69. The molecule has 1 aromatic rings. The first-order valence-electron chi connectivity index (χ1n) is 4.77. The van der Waals surface area contributed by atoms with Crippen LogP contribution < -0.4 is 4.90 Å². The lowest BCUT2D eigenvalue weighted by Gasteiger charge is -2.12. The molecule has 0 bridgehead atoms. The van der Waals surface area contributed by atoms with E-state index in [1.807, 2.05) is 6.07 Å². The molecule has 0 amide bonds. The molecule has 1 aliphatic rings. The maximum atomic E-state index is 10.4. The number of rotatable bonds is 3. The van der Waals surface area contributed by atoms with Gasteiger partial charge in [0.2, 0.25) is 0 Å². The van der Waals surface area contributed by atoms with Gasteiger partial charge in [0.05, 0.1) is 6.42 Å². The molecule has 76 valence electrons. The van der Waals surface area contributed by atoms with Gasteiger partial charge in [-0.3, -0.25) is 9.89 Å². The van der Waals surface area contributed by atoms with Crippen LogP contribution in [0.3, 0.4) is 0 Å². The first kappa shape index (κ1) is 9.05. The molecule has 2 N–H and O–H groups in total. The van der Waals surface area contributed by atoms with E-state index in [-0.39, 0.29) is 6.42 Å². The van der Waals surface area contributed by atoms with Crippen LogP contribution in [0.4, 0.5) is 5.82 Å². The number of hydrogen-bond donors (Lipinski definition) is 2. The molecule has 1 aromatic heterocycles. The number of hydrogen-bond acceptors (Lipinski definition) is 3. The monoisotopic (exact) mass is 195 g/mol. The fourth-order valence-corrected chi connectivity index (χ4v) is 1.71. The number of aromatic amines is 1. The Morgan fingerprint density at radius 2 is 2.29 bits per heavy atom. The number of H-pyrrole nitrogens is 1. The number of carboxylic acids is 1. The van der Waals surface area contributed by atoms with E-state index < -0.39 is 5.97 Å². The molecule has 2 heterocycles. The van der Waals surface area contributed by atoms with Gasteiger partial charge in [0.1, 0.15) is 0 Å². The molecular weight excluding hydrogens is 182 g/mol. The smallest absolute Gasteiger partial charge is 0.309 e. The standard InChI is InChI=1S/C9H13N3O2/c13-9(14)6-7-5-8(11-10-7)12-3-1-2-4-12/h5H,1-4,6H2,(H,10,11)(H,13,14). The molecular formula is C9H13N3O2. The average Bonchev–Trinajstić information content (AvgIpc) is 2.69. The van der Waals surface area contributed by atoms with Crippen LogP contribution in [0.5, 0.6) is 0 Å². The Hall–Kier alpha value is -1.52. The first-order chi connectivity index (χ1) is 6.75. The zero-order chi connectivity index (χ0) is 9.97. The van der Waals surface area contributed by atoms with Crippen LogP contribution in [0.1, 0.15) is 18.5 Å². The van der Waals surface area contributed by atoms with Crippen LogP contribution in [0.2, 0.25) is 0 Å². The van der Waals surface area contributed by atoms with Crippen molar-refractivity contribution >= 4 is 11.8 Å². The van der Waals surface area contributed by atoms with Gasteiger partial charge in [0.15, 0.2) is 5.82 Å². The van der Waals surface area contributed by atoms with Crippen LogP contribution in [0.25, 0.3) is 0 Å². The molecule has 2 rings (SSSR count). The number of carboxylic acid groups (broad SMARTS) is 1. The van der Waals surface area contributed by atoms with Gasteiger partial charge in [0, 0.05) is 24.8 Å². The molecule has 1 fully saturated rings. The summed E-state index contributed by atoms with van der Waals surface area (Å²) in [5, 5.41) is 15.4. The summed E-state index contributed by atoms with van der Waals surface area (Å²) in [7, 11) is 0. The number of nitrogens with one attached hydrogen (secondary N) is 1. The third kappa shape index (κ3) is 1.86. The molecule has 5 nitrogen and oxygen atoms in total. The minimum atomic E-state index is -0.832. The van der Waals surface area contributed by atoms with E-state index in [4.69, 9.17) is 5.11 Å². The number of aromatic nitrogens is 2. The van der Waals surface area contributed by atoms with E-state index in [2.05, 4.69) is 15.1 Å². The minimum absolute atomic E-state index is 0.0147. The van der Waals surface area contributed by atoms with Crippen molar-refractivity contribution in [2.75, 3.05) is 18.0 Å². The lowest BCUT2D eigenvalue weighted by atomic mass is 10.3. The largest absolute Gasteiger partial charge is 0.481 e. The Morgan fingerprint density at radius 3 is 2.93 bits per heavy atom. The zero-order valence-corrected chi connectivity index (χ0v) is 7.86. The van der Waals surface area contributed by atoms with Crippen molar-refractivity contribution in [2.24, 2.45) is 0 Å². The van der Waals surface area contributed by atoms with Crippen molar-refractivity contribution in [3.8, 4) is 0 Å². The molecule has 1 aliphatic heterocycles. The van der Waals surface area contributed by atoms with Gasteiger partial charge in [-0.25, -0.2) is 0 Å². The highest BCUT2D eigenvalue weighted by Crippen LogP contribution is 2.18. The third-order valence-corrected chi connectivity index (χ3v) is 2.39. The Kier molecular flexibility index (Phi) is 2.39. The lowest BCUT2D eigenvalue weighted by Crippen LogP contribution is -2.17. The van der Waals surface area contributed by atoms with E-state index in [0.717, 1.165) is 18.9 Å². The number of carbonyl (C=O) groups is 1. The summed E-state index contributed by atoms with van der Waals surface area (Å²) in [6.07, 6.45) is 2.41. The summed E-state index contributed by atoms with van der Waals surface area (Å²) in [6, 6.07) is 1.82. The van der Waals surface area contributed by atoms with Gasteiger partial charge in [0.25, 0.3) is 0 Å². The van der Waals surface area contributed by atoms with Crippen molar-refractivity contribution in [3.63, 3.8) is 0 Å². The summed E-state index contributed by atoms with van der Waals surface area (Å²) in [5.41, 5.74) is 0.666. The Morgan fingerprint density at radius 1 is 1.57 bits per heavy atom. The van der Waals surface area contributed by atoms with Crippen LogP contribution in [-0.4, -0.2) is 34.4 Å². The quantitative estimate of drug-likeness (QED) is 0.742. The Bertz CT molecular complexity index is 329. The fourth-order valence-electron chi connectivity index (χ4n) is 1.71. The normalized spacial score (nSPS) is 16.1. The van der Waals surface area contributed by atoms with E-state index in [0.29, 0.717) is 5.69 Å². The van der Waals surface area contributed by atoms with Gasteiger partial charge < -0.3 is 10.0 Å². The maximum absolute atomic E-state index is 10.4. The topological polar surface area (TPSA) is 69.2 Å². The van der Waals surface area contributed by atoms with Gasteiger partial charge in [-0.15, -0.1) is 0 Å². The number of aliphatic carboxylic acids is 1. The molecule has 0 unspecified atom stereocenters. The predicted molar refractivity (Wildman–Crippen MR) is 51.4 cm³/mol. The predicted octanol–water partition coefficient (Wildman–Crippen LogP) is 0.637. The van der Waals surface area contributed by atoms with Gasteiger partial charge in [-0.2, -0.15) is 5.10 Å². The van der Waals surface area contributed by atoms with Crippen LogP contribution >= 0.6 is 0 Å². The highest BCUT2D eigenvalue weighted by molar-refractivity contribution is 5.69. The highest BCUT2D eigenvalue weighted by Gasteiger charge is 2.15. The van der Waals surface area contributed by atoms with Gasteiger partial charge in [-0.1, -0.05) is 0 Å². The molecule has 0 radical (unpaired) electrons. The average molecular weight is 195 g/mol. The Balaban J connectivity index is 2.05. The molecule has 1 saturated heterocycles. The third-order valence-electron chi connectivity index (χ3n) is 2.39. The zero-order valence-electron chi connectivity index (χ0n) is 7.86. The highest BCUT2D eigenvalue weighted by atomic mass is 16.4. The van der Waals surface area contributed by atoms with E-state index in [1.165, 1.54) is 12.8 Å². The summed E-state index contributed by atoms with van der Waals surface area (Å²) in [6.45, 7) is 2.05. The molecule has 0 saturated carbocycles. The van der Waals surface area contributed by atoms with E-state index >= 15 is 0 Å². The number of anilines is 1. The van der Waals surface area contributed by atoms with Crippen molar-refractivity contribution in [3.05, 3.63) is 11.8 Å². The van der Waals surface area contributed by atoms with Crippen molar-refractivity contribution in [2.45, 2.75) is 19.3 Å². The maximum Gasteiger partial charge on any atom is 0.309 e. The molecule has 5 heteroatoms.